The Balaban J connectivity index is 0.00000163. The number of rotatable bonds is 5. The molecule has 2 aromatic rings. The van der Waals surface area contributed by atoms with Gasteiger partial charge in [-0.2, -0.15) is 0 Å². The molecule has 0 aliphatic rings. The Morgan fingerprint density at radius 1 is 0.808 bits per heavy atom. The Hall–Kier alpha value is -2.44. The number of aromatic hydroxyl groups is 2. The Labute approximate surface area is 160 Å². The third-order valence-corrected chi connectivity index (χ3v) is 3.52. The average Bonchev–Trinajstić information content (AvgIpc) is 2.64. The quantitative estimate of drug-likeness (QED) is 0.568. The molecule has 0 spiro atoms. The number of benzene rings is 2. The fourth-order valence-corrected chi connectivity index (χ4v) is 2.06. The van der Waals surface area contributed by atoms with Crippen molar-refractivity contribution >= 4 is 35.1 Å². The van der Waals surface area contributed by atoms with Crippen molar-refractivity contribution in [3.05, 3.63) is 57.6 Å². The minimum Gasteiger partial charge on any atom is -0.506 e. The smallest absolute Gasteiger partial charge is 0.338 e. The molecule has 2 aromatic carbocycles. The van der Waals surface area contributed by atoms with E-state index >= 15 is 0 Å². The lowest BCUT2D eigenvalue weighted by Crippen LogP contribution is -2.14. The van der Waals surface area contributed by atoms with Crippen molar-refractivity contribution in [2.24, 2.45) is 0 Å². The summed E-state index contributed by atoms with van der Waals surface area (Å²) in [4.78, 5) is 23.5. The van der Waals surface area contributed by atoms with Gasteiger partial charge in [-0.3, -0.25) is 0 Å². The lowest BCUT2D eigenvalue weighted by Gasteiger charge is -2.07. The van der Waals surface area contributed by atoms with Crippen LogP contribution in [0.15, 0.2) is 36.4 Å². The van der Waals surface area contributed by atoms with Gasteiger partial charge < -0.3 is 19.7 Å². The van der Waals surface area contributed by atoms with E-state index in [1.165, 1.54) is 36.4 Å². The first-order valence-electron chi connectivity index (χ1n) is 7.70. The van der Waals surface area contributed by atoms with Crippen LogP contribution in [0.3, 0.4) is 0 Å². The zero-order valence-corrected chi connectivity index (χ0v) is 15.7. The molecule has 0 aliphatic heterocycles. The summed E-state index contributed by atoms with van der Waals surface area (Å²) in [6.45, 7) is 3.68. The van der Waals surface area contributed by atoms with Crippen LogP contribution in [0.1, 0.15) is 34.6 Å². The molecule has 2 N–H and O–H groups in total. The number of carbonyl (C=O) groups excluding carboxylic acids is 2. The fraction of sp³-hybridized carbons (Fsp3) is 0.222. The third kappa shape index (κ3) is 6.13. The summed E-state index contributed by atoms with van der Waals surface area (Å²) in [6.07, 6.45) is 0. The van der Waals surface area contributed by atoms with Crippen LogP contribution in [0.2, 0.25) is 10.0 Å². The summed E-state index contributed by atoms with van der Waals surface area (Å²) in [5.41, 5.74) is 0.323. The zero-order valence-electron chi connectivity index (χ0n) is 14.2. The van der Waals surface area contributed by atoms with Crippen molar-refractivity contribution in [1.82, 2.24) is 0 Å². The first-order chi connectivity index (χ1) is 12.4. The summed E-state index contributed by atoms with van der Waals surface area (Å²) < 4.78 is 9.86. The van der Waals surface area contributed by atoms with Gasteiger partial charge in [-0.15, -0.1) is 0 Å². The van der Waals surface area contributed by atoms with E-state index in [9.17, 15) is 19.8 Å². The SMILES string of the molecule is CC.O=C(OCCOC(=O)c1ccc(O)c(Cl)c1)c1ccc(O)c(Cl)c1. The Morgan fingerprint density at radius 2 is 1.15 bits per heavy atom. The van der Waals surface area contributed by atoms with Crippen molar-refractivity contribution in [2.75, 3.05) is 13.2 Å². The summed E-state index contributed by atoms with van der Waals surface area (Å²) in [5.74, 6) is -1.62. The van der Waals surface area contributed by atoms with Gasteiger partial charge in [-0.05, 0) is 36.4 Å². The number of esters is 2. The lowest BCUT2D eigenvalue weighted by molar-refractivity contribution is 0.0265. The highest BCUT2D eigenvalue weighted by Crippen LogP contribution is 2.24. The van der Waals surface area contributed by atoms with Crippen LogP contribution in [-0.4, -0.2) is 35.4 Å². The molecule has 0 saturated heterocycles. The van der Waals surface area contributed by atoms with E-state index in [0.29, 0.717) is 0 Å². The first-order valence-corrected chi connectivity index (χ1v) is 8.45. The average molecular weight is 401 g/mol. The highest BCUT2D eigenvalue weighted by atomic mass is 35.5. The van der Waals surface area contributed by atoms with E-state index in [2.05, 4.69) is 0 Å². The number of phenolic OH excluding ortho intramolecular Hbond substituents is 2. The summed E-state index contributed by atoms with van der Waals surface area (Å²) in [5, 5.41) is 18.6. The van der Waals surface area contributed by atoms with E-state index < -0.39 is 11.9 Å². The normalized spacial score (nSPS) is 9.69. The molecule has 0 saturated carbocycles. The Morgan fingerprint density at radius 3 is 1.46 bits per heavy atom. The molecular weight excluding hydrogens is 383 g/mol. The maximum absolute atomic E-state index is 11.8. The van der Waals surface area contributed by atoms with Crippen LogP contribution in [0, 0.1) is 0 Å². The highest BCUT2D eigenvalue weighted by molar-refractivity contribution is 6.32. The molecule has 0 amide bonds. The van der Waals surface area contributed by atoms with E-state index in [4.69, 9.17) is 32.7 Å². The molecule has 0 atom stereocenters. The predicted octanol–water partition coefficient (Wildman–Crippen LogP) is 4.44. The standard InChI is InChI=1S/C16H12Cl2O6.C2H6/c17-11-7-9(1-3-13(11)19)15(21)23-5-6-24-16(22)10-2-4-14(20)12(18)8-10;1-2/h1-4,7-8,19-20H,5-6H2;1-2H3. The number of hydrogen-bond donors (Lipinski definition) is 2. The minimum atomic E-state index is -0.666. The molecule has 0 bridgehead atoms. The molecule has 0 radical (unpaired) electrons. The molecule has 140 valence electrons. The summed E-state index contributed by atoms with van der Waals surface area (Å²) >= 11 is 11.4. The number of ether oxygens (including phenoxy) is 2. The van der Waals surface area contributed by atoms with Crippen molar-refractivity contribution < 1.29 is 29.3 Å². The Kier molecular flexibility index (Phi) is 8.75. The summed E-state index contributed by atoms with van der Waals surface area (Å²) in [6, 6.07) is 7.79. The van der Waals surface area contributed by atoms with Gasteiger partial charge in [-0.1, -0.05) is 37.0 Å². The Bertz CT molecular complexity index is 711. The molecule has 0 heterocycles. The van der Waals surface area contributed by atoms with Crippen LogP contribution in [0.5, 0.6) is 11.5 Å². The van der Waals surface area contributed by atoms with Crippen molar-refractivity contribution in [3.8, 4) is 11.5 Å². The summed E-state index contributed by atoms with van der Waals surface area (Å²) in [7, 11) is 0. The van der Waals surface area contributed by atoms with Gasteiger partial charge in [0.1, 0.15) is 24.7 Å². The van der Waals surface area contributed by atoms with Crippen LogP contribution in [0.4, 0.5) is 0 Å². The predicted molar refractivity (Wildman–Crippen MR) is 98.1 cm³/mol. The molecule has 2 rings (SSSR count). The van der Waals surface area contributed by atoms with Crippen LogP contribution in [0.25, 0.3) is 0 Å². The molecule has 0 unspecified atom stereocenters. The maximum atomic E-state index is 11.8. The number of hydrogen-bond acceptors (Lipinski definition) is 6. The topological polar surface area (TPSA) is 93.1 Å². The monoisotopic (exact) mass is 400 g/mol. The van der Waals surface area contributed by atoms with Gasteiger partial charge in [-0.25, -0.2) is 9.59 Å². The van der Waals surface area contributed by atoms with Crippen LogP contribution >= 0.6 is 23.2 Å². The van der Waals surface area contributed by atoms with E-state index in [1.807, 2.05) is 13.8 Å². The second-order valence-electron chi connectivity index (χ2n) is 4.60. The largest absolute Gasteiger partial charge is 0.506 e. The second-order valence-corrected chi connectivity index (χ2v) is 5.42. The fourth-order valence-electron chi connectivity index (χ4n) is 1.70. The molecule has 8 heteroatoms. The molecular formula is C18H18Cl2O6. The van der Waals surface area contributed by atoms with Gasteiger partial charge in [0.25, 0.3) is 0 Å². The van der Waals surface area contributed by atoms with E-state index in [-0.39, 0.29) is 45.9 Å². The van der Waals surface area contributed by atoms with Crippen molar-refractivity contribution in [3.63, 3.8) is 0 Å². The first kappa shape index (κ1) is 21.6. The molecule has 6 nitrogen and oxygen atoms in total. The molecule has 0 fully saturated rings. The van der Waals surface area contributed by atoms with E-state index in [1.54, 1.807) is 0 Å². The number of phenols is 2. The van der Waals surface area contributed by atoms with Crippen LogP contribution in [-0.2, 0) is 9.47 Å². The molecule has 0 aliphatic carbocycles. The van der Waals surface area contributed by atoms with Gasteiger partial charge in [0.05, 0.1) is 21.2 Å². The van der Waals surface area contributed by atoms with Crippen molar-refractivity contribution in [2.45, 2.75) is 13.8 Å². The van der Waals surface area contributed by atoms with E-state index in [0.717, 1.165) is 0 Å². The maximum Gasteiger partial charge on any atom is 0.338 e. The van der Waals surface area contributed by atoms with Gasteiger partial charge in [0.2, 0.25) is 0 Å². The zero-order chi connectivity index (χ0) is 19.7. The minimum absolute atomic E-state index is 0.0279. The molecule has 26 heavy (non-hydrogen) atoms. The third-order valence-electron chi connectivity index (χ3n) is 2.92. The van der Waals surface area contributed by atoms with Gasteiger partial charge >= 0.3 is 11.9 Å². The van der Waals surface area contributed by atoms with Crippen LogP contribution < -0.4 is 0 Å². The number of carbonyl (C=O) groups is 2. The van der Waals surface area contributed by atoms with Gasteiger partial charge in [0, 0.05) is 0 Å². The highest BCUT2D eigenvalue weighted by Gasteiger charge is 2.12. The lowest BCUT2D eigenvalue weighted by atomic mass is 10.2. The van der Waals surface area contributed by atoms with Crippen molar-refractivity contribution in [1.29, 1.82) is 0 Å². The molecule has 0 aromatic heterocycles. The van der Waals surface area contributed by atoms with Gasteiger partial charge in [0.15, 0.2) is 0 Å². The second kappa shape index (κ2) is 10.5. The number of halogens is 2.